The van der Waals surface area contributed by atoms with E-state index in [1.807, 2.05) is 20.8 Å². The summed E-state index contributed by atoms with van der Waals surface area (Å²) in [6, 6.07) is 0. The van der Waals surface area contributed by atoms with Crippen LogP contribution in [-0.2, 0) is 33.2 Å². The van der Waals surface area contributed by atoms with Crippen molar-refractivity contribution in [3.63, 3.8) is 0 Å². The molecule has 11 heteroatoms. The van der Waals surface area contributed by atoms with Crippen molar-refractivity contribution in [2.75, 3.05) is 13.7 Å². The minimum Gasteiger partial charge on any atom is -0.481 e. The van der Waals surface area contributed by atoms with Gasteiger partial charge in [-0.25, -0.2) is 0 Å². The number of carboxylic acids is 1. The number of hydrogen-bond acceptors (Lipinski definition) is 10. The second-order valence-corrected chi connectivity index (χ2v) is 16.3. The van der Waals surface area contributed by atoms with E-state index in [0.717, 1.165) is 32.1 Å². The average Bonchev–Trinajstić information content (AvgIpc) is 3.73. The van der Waals surface area contributed by atoms with Gasteiger partial charge >= 0.3 is 5.97 Å². The van der Waals surface area contributed by atoms with Gasteiger partial charge in [-0.1, -0.05) is 41.5 Å². The Balaban J connectivity index is 1.29. The molecule has 4 N–H and O–H groups in total. The van der Waals surface area contributed by atoms with Crippen LogP contribution in [0.15, 0.2) is 0 Å². The molecule has 5 aliphatic heterocycles. The molecule has 0 amide bonds. The first-order valence-electron chi connectivity index (χ1n) is 18.1. The van der Waals surface area contributed by atoms with Gasteiger partial charge in [-0.05, 0) is 64.2 Å². The second-order valence-electron chi connectivity index (χ2n) is 16.3. The summed E-state index contributed by atoms with van der Waals surface area (Å²) in [6.45, 7) is 15.6. The van der Waals surface area contributed by atoms with Gasteiger partial charge in [-0.2, -0.15) is 0 Å². The maximum absolute atomic E-state index is 11.8. The van der Waals surface area contributed by atoms with E-state index in [-0.39, 0.29) is 54.0 Å². The number of aliphatic hydroxyl groups is 3. The molecule has 5 fully saturated rings. The van der Waals surface area contributed by atoms with Crippen molar-refractivity contribution in [1.29, 1.82) is 0 Å². The largest absolute Gasteiger partial charge is 0.481 e. The third-order valence-corrected chi connectivity index (χ3v) is 13.0. The zero-order chi connectivity index (χ0) is 34.7. The van der Waals surface area contributed by atoms with E-state index in [9.17, 15) is 25.2 Å². The van der Waals surface area contributed by atoms with Crippen LogP contribution in [0, 0.1) is 35.5 Å². The quantitative estimate of drug-likeness (QED) is 0.264. The van der Waals surface area contributed by atoms with Crippen LogP contribution in [-0.4, -0.2) is 106 Å². The Morgan fingerprint density at radius 2 is 1.72 bits per heavy atom. The standard InChI is InChI=1S/C36H62O11/c1-10-34(31-20(3)16-26(43-31)28-19(2)15-21(4)36(41,18-37)46-28)12-11-27(44-34)33(8)13-14-35(47-33)17-25(38)22(5)30(45-35)23(6)29(42-9)24(7)32(39)40/h19-31,37-38,41H,10-18H2,1-9H3,(H,39,40)/t19-,20-,21+,22-,23+,24+,25-,26-,27+,28+,29-,30+,31+,33-,34+,35+,36+/m0/s1. The van der Waals surface area contributed by atoms with Gasteiger partial charge in [-0.3, -0.25) is 4.79 Å². The van der Waals surface area contributed by atoms with Crippen molar-refractivity contribution in [3.05, 3.63) is 0 Å². The Morgan fingerprint density at radius 3 is 2.34 bits per heavy atom. The molecule has 5 aliphatic rings. The van der Waals surface area contributed by atoms with Gasteiger partial charge in [0.2, 0.25) is 0 Å². The van der Waals surface area contributed by atoms with Crippen molar-refractivity contribution in [1.82, 2.24) is 0 Å². The average molecular weight is 671 g/mol. The molecule has 0 unspecified atom stereocenters. The molecule has 0 aromatic carbocycles. The van der Waals surface area contributed by atoms with E-state index in [4.69, 9.17) is 28.4 Å². The lowest BCUT2D eigenvalue weighted by molar-refractivity contribution is -0.336. The van der Waals surface area contributed by atoms with Gasteiger partial charge in [0.15, 0.2) is 11.6 Å². The highest BCUT2D eigenvalue weighted by Crippen LogP contribution is 2.55. The molecule has 17 atom stereocenters. The molecule has 5 rings (SSSR count). The number of ether oxygens (including phenoxy) is 6. The Morgan fingerprint density at radius 1 is 1.02 bits per heavy atom. The van der Waals surface area contributed by atoms with Crippen LogP contribution in [0.5, 0.6) is 0 Å². The van der Waals surface area contributed by atoms with Crippen LogP contribution in [0.1, 0.15) is 107 Å². The molecular formula is C36H62O11. The molecule has 0 aromatic heterocycles. The van der Waals surface area contributed by atoms with Crippen molar-refractivity contribution in [2.45, 2.75) is 172 Å². The van der Waals surface area contributed by atoms with Crippen molar-refractivity contribution in [2.24, 2.45) is 35.5 Å². The third-order valence-electron chi connectivity index (χ3n) is 13.0. The highest BCUT2D eigenvalue weighted by molar-refractivity contribution is 5.70. The highest BCUT2D eigenvalue weighted by atomic mass is 16.7. The van der Waals surface area contributed by atoms with Crippen LogP contribution in [0.2, 0.25) is 0 Å². The predicted molar refractivity (Wildman–Crippen MR) is 172 cm³/mol. The molecule has 5 heterocycles. The molecule has 0 aromatic rings. The fourth-order valence-corrected chi connectivity index (χ4v) is 9.91. The summed E-state index contributed by atoms with van der Waals surface area (Å²) in [5.41, 5.74) is -1.15. The van der Waals surface area contributed by atoms with E-state index >= 15 is 0 Å². The molecule has 11 nitrogen and oxygen atoms in total. The van der Waals surface area contributed by atoms with Gasteiger partial charge in [0.25, 0.3) is 0 Å². The summed E-state index contributed by atoms with van der Waals surface area (Å²) in [7, 11) is 1.52. The molecule has 0 bridgehead atoms. The Hall–Kier alpha value is -0.890. The molecule has 5 saturated heterocycles. The molecular weight excluding hydrogens is 608 g/mol. The normalized spacial score (nSPS) is 50.9. The molecule has 0 saturated carbocycles. The number of aliphatic hydroxyl groups excluding tert-OH is 2. The zero-order valence-electron chi connectivity index (χ0n) is 30.0. The number of methoxy groups -OCH3 is 1. The number of carbonyl (C=O) groups is 1. The lowest BCUT2D eigenvalue weighted by Crippen LogP contribution is -2.57. The predicted octanol–water partition coefficient (Wildman–Crippen LogP) is 4.27. The summed E-state index contributed by atoms with van der Waals surface area (Å²) in [4.78, 5) is 11.8. The Bertz CT molecular complexity index is 1110. The molecule has 0 radical (unpaired) electrons. The van der Waals surface area contributed by atoms with E-state index in [1.54, 1.807) is 6.92 Å². The topological polar surface area (TPSA) is 153 Å². The number of hydrogen-bond donors (Lipinski definition) is 4. The van der Waals surface area contributed by atoms with E-state index in [1.165, 1.54) is 7.11 Å². The molecule has 272 valence electrons. The highest BCUT2D eigenvalue weighted by Gasteiger charge is 2.62. The van der Waals surface area contributed by atoms with Crippen LogP contribution >= 0.6 is 0 Å². The van der Waals surface area contributed by atoms with Crippen molar-refractivity contribution >= 4 is 5.97 Å². The van der Waals surface area contributed by atoms with Crippen LogP contribution in [0.3, 0.4) is 0 Å². The maximum Gasteiger partial charge on any atom is 0.308 e. The monoisotopic (exact) mass is 670 g/mol. The summed E-state index contributed by atoms with van der Waals surface area (Å²) < 4.78 is 39.4. The van der Waals surface area contributed by atoms with Gasteiger partial charge in [0.05, 0.1) is 66.5 Å². The van der Waals surface area contributed by atoms with Gasteiger partial charge in [0, 0.05) is 37.7 Å². The minimum absolute atomic E-state index is 0.153. The smallest absolute Gasteiger partial charge is 0.308 e. The second kappa shape index (κ2) is 13.7. The first-order valence-corrected chi connectivity index (χ1v) is 18.1. The molecule has 0 aliphatic carbocycles. The van der Waals surface area contributed by atoms with E-state index in [0.29, 0.717) is 19.3 Å². The summed E-state index contributed by atoms with van der Waals surface area (Å²) in [6.07, 6.45) is 2.99. The van der Waals surface area contributed by atoms with Gasteiger partial charge in [0.1, 0.15) is 0 Å². The first kappa shape index (κ1) is 37.4. The Labute approximate surface area is 281 Å². The van der Waals surface area contributed by atoms with Gasteiger partial charge in [-0.15, -0.1) is 0 Å². The number of carboxylic acid groups (broad SMARTS) is 1. The summed E-state index contributed by atoms with van der Waals surface area (Å²) in [5.74, 6) is -4.52. The summed E-state index contributed by atoms with van der Waals surface area (Å²) in [5, 5.41) is 41.8. The fraction of sp³-hybridized carbons (Fsp3) is 0.972. The van der Waals surface area contributed by atoms with Crippen molar-refractivity contribution < 1.29 is 53.6 Å². The van der Waals surface area contributed by atoms with Crippen LogP contribution in [0.25, 0.3) is 0 Å². The molecule has 1 spiro atoms. The minimum atomic E-state index is -1.56. The lowest BCUT2D eigenvalue weighted by atomic mass is 9.78. The van der Waals surface area contributed by atoms with Crippen LogP contribution < -0.4 is 0 Å². The number of aliphatic carboxylic acids is 1. The summed E-state index contributed by atoms with van der Waals surface area (Å²) >= 11 is 0. The van der Waals surface area contributed by atoms with E-state index in [2.05, 4.69) is 27.7 Å². The Kier molecular flexibility index (Phi) is 10.9. The third kappa shape index (κ3) is 6.67. The first-order chi connectivity index (χ1) is 22.0. The van der Waals surface area contributed by atoms with Crippen LogP contribution in [0.4, 0.5) is 0 Å². The fourth-order valence-electron chi connectivity index (χ4n) is 9.91. The number of rotatable bonds is 10. The van der Waals surface area contributed by atoms with Gasteiger partial charge < -0.3 is 48.8 Å². The lowest BCUT2D eigenvalue weighted by Gasteiger charge is -2.49. The SMILES string of the molecule is CC[C@]1([C@@H]2O[C@H]([C@@H]3O[C@](O)(CO)[C@H](C)C[C@@H]3C)C[C@@H]2C)CC[C@H]([C@]2(C)CC[C@]3(C[C@H](O)[C@H](C)[C@H]([C@H](C)[C@H](OC)[C@@H](C)C(=O)O)O3)O2)O1. The maximum atomic E-state index is 11.8. The zero-order valence-corrected chi connectivity index (χ0v) is 30.0. The van der Waals surface area contributed by atoms with Crippen molar-refractivity contribution in [3.8, 4) is 0 Å². The molecule has 47 heavy (non-hydrogen) atoms. The van der Waals surface area contributed by atoms with E-state index < -0.39 is 59.6 Å².